The number of hydrogen-bond acceptors (Lipinski definition) is 4. The van der Waals surface area contributed by atoms with Gasteiger partial charge in [-0.1, -0.05) is 11.6 Å². The van der Waals surface area contributed by atoms with Crippen LogP contribution in [0.5, 0.6) is 5.75 Å². The Kier molecular flexibility index (Phi) is 4.71. The number of halogens is 3. The molecule has 0 saturated heterocycles. The molecule has 0 fully saturated rings. The Hall–Kier alpha value is -3.38. The second kappa shape index (κ2) is 7.32. The molecule has 28 heavy (non-hydrogen) atoms. The highest BCUT2D eigenvalue weighted by Gasteiger charge is 2.07. The maximum Gasteiger partial charge on any atom is 0.134 e. The molecule has 0 aliphatic rings. The summed E-state index contributed by atoms with van der Waals surface area (Å²) >= 11 is 5.93. The quantitative estimate of drug-likeness (QED) is 0.351. The van der Waals surface area contributed by atoms with Crippen LogP contribution in [-0.2, 0) is 0 Å². The van der Waals surface area contributed by atoms with Crippen LogP contribution in [0.25, 0.3) is 10.9 Å². The third-order valence-corrected chi connectivity index (χ3v) is 4.42. The fourth-order valence-corrected chi connectivity index (χ4v) is 3.05. The molecular weight excluding hydrogens is 384 g/mol. The van der Waals surface area contributed by atoms with Gasteiger partial charge in [0, 0.05) is 40.4 Å². The highest BCUT2D eigenvalue weighted by molar-refractivity contribution is 6.32. The van der Waals surface area contributed by atoms with E-state index in [-0.39, 0.29) is 10.8 Å². The van der Waals surface area contributed by atoms with E-state index < -0.39 is 11.6 Å². The van der Waals surface area contributed by atoms with E-state index in [0.717, 1.165) is 17.1 Å². The first-order valence-corrected chi connectivity index (χ1v) is 8.73. The first kappa shape index (κ1) is 18.0. The minimum Gasteiger partial charge on any atom is -0.506 e. The van der Waals surface area contributed by atoms with E-state index in [9.17, 15) is 13.9 Å². The number of fused-ring (bicyclic) bond motifs is 1. The van der Waals surface area contributed by atoms with Gasteiger partial charge in [0.1, 0.15) is 17.4 Å². The Morgan fingerprint density at radius 3 is 2.25 bits per heavy atom. The zero-order chi connectivity index (χ0) is 19.7. The number of aromatic nitrogens is 1. The minimum absolute atomic E-state index is 0.0110. The fourth-order valence-electron chi connectivity index (χ4n) is 2.87. The molecule has 3 aromatic carbocycles. The van der Waals surface area contributed by atoms with Gasteiger partial charge in [-0.15, -0.1) is 0 Å². The maximum absolute atomic E-state index is 13.4. The number of phenolic OH excluding ortho intramolecular Hbond substituents is 1. The topological polar surface area (TPSA) is 57.2 Å². The SMILES string of the molecule is Oc1ccc(Nc2ccc3c(Nc4cc(F)cc(F)c4)ccnc3c2)cc1Cl. The highest BCUT2D eigenvalue weighted by atomic mass is 35.5. The molecule has 4 nitrogen and oxygen atoms in total. The van der Waals surface area contributed by atoms with Crippen LogP contribution >= 0.6 is 11.6 Å². The van der Waals surface area contributed by atoms with Crippen LogP contribution < -0.4 is 10.6 Å². The molecule has 7 heteroatoms. The molecular formula is C21H14ClF2N3O. The number of nitrogens with one attached hydrogen (secondary N) is 2. The van der Waals surface area contributed by atoms with Crippen molar-refractivity contribution in [3.05, 3.63) is 83.5 Å². The van der Waals surface area contributed by atoms with Crippen molar-refractivity contribution in [2.45, 2.75) is 0 Å². The third kappa shape index (κ3) is 3.82. The molecule has 1 aromatic heterocycles. The number of anilines is 4. The lowest BCUT2D eigenvalue weighted by atomic mass is 10.1. The van der Waals surface area contributed by atoms with E-state index in [1.54, 1.807) is 24.4 Å². The number of phenols is 1. The molecule has 0 aliphatic heterocycles. The summed E-state index contributed by atoms with van der Waals surface area (Å²) in [5.41, 5.74) is 3.17. The van der Waals surface area contributed by atoms with Crippen LogP contribution in [0, 0.1) is 11.6 Å². The molecule has 1 heterocycles. The molecule has 0 saturated carbocycles. The highest BCUT2D eigenvalue weighted by Crippen LogP contribution is 2.31. The summed E-state index contributed by atoms with van der Waals surface area (Å²) in [5, 5.41) is 16.8. The number of nitrogens with zero attached hydrogens (tertiary/aromatic N) is 1. The molecule has 140 valence electrons. The van der Waals surface area contributed by atoms with E-state index in [4.69, 9.17) is 11.6 Å². The average Bonchev–Trinajstić information content (AvgIpc) is 2.64. The molecule has 0 spiro atoms. The Morgan fingerprint density at radius 1 is 0.786 bits per heavy atom. The van der Waals surface area contributed by atoms with Gasteiger partial charge in [-0.05, 0) is 54.6 Å². The van der Waals surface area contributed by atoms with E-state index in [1.165, 1.54) is 18.2 Å². The minimum atomic E-state index is -0.653. The Bertz CT molecular complexity index is 1160. The summed E-state index contributed by atoms with van der Waals surface area (Å²) in [5.74, 6) is -1.29. The summed E-state index contributed by atoms with van der Waals surface area (Å²) in [4.78, 5) is 4.36. The molecule has 0 atom stereocenters. The molecule has 0 aliphatic carbocycles. The third-order valence-electron chi connectivity index (χ3n) is 4.12. The van der Waals surface area contributed by atoms with Crippen LogP contribution in [-0.4, -0.2) is 10.1 Å². The van der Waals surface area contributed by atoms with Gasteiger partial charge in [-0.25, -0.2) is 8.78 Å². The predicted octanol–water partition coefficient (Wildman–Crippen LogP) is 6.36. The van der Waals surface area contributed by atoms with Crippen molar-refractivity contribution >= 4 is 45.3 Å². The van der Waals surface area contributed by atoms with Crippen LogP contribution in [0.1, 0.15) is 0 Å². The maximum atomic E-state index is 13.4. The lowest BCUT2D eigenvalue weighted by Gasteiger charge is -2.12. The van der Waals surface area contributed by atoms with Crippen LogP contribution in [0.2, 0.25) is 5.02 Å². The van der Waals surface area contributed by atoms with Crippen molar-refractivity contribution in [1.29, 1.82) is 0 Å². The van der Waals surface area contributed by atoms with Gasteiger partial charge in [-0.3, -0.25) is 4.98 Å². The zero-order valence-corrected chi connectivity index (χ0v) is 15.1. The second-order valence-corrected chi connectivity index (χ2v) is 6.57. The molecule has 3 N–H and O–H groups in total. The number of aromatic hydroxyl groups is 1. The monoisotopic (exact) mass is 397 g/mol. The lowest BCUT2D eigenvalue weighted by molar-refractivity contribution is 0.475. The van der Waals surface area contributed by atoms with Crippen LogP contribution in [0.3, 0.4) is 0 Å². The predicted molar refractivity (Wildman–Crippen MR) is 108 cm³/mol. The Labute approximate surface area is 164 Å². The largest absolute Gasteiger partial charge is 0.506 e. The molecule has 0 radical (unpaired) electrons. The number of rotatable bonds is 4. The van der Waals surface area contributed by atoms with Crippen molar-refractivity contribution in [2.75, 3.05) is 10.6 Å². The normalized spacial score (nSPS) is 10.8. The summed E-state index contributed by atoms with van der Waals surface area (Å²) in [7, 11) is 0. The Morgan fingerprint density at radius 2 is 1.50 bits per heavy atom. The van der Waals surface area contributed by atoms with E-state index >= 15 is 0 Å². The summed E-state index contributed by atoms with van der Waals surface area (Å²) in [6.45, 7) is 0. The molecule has 0 bridgehead atoms. The standard InChI is InChI=1S/C21H14ClF2N3O/c22-18-10-14(2-4-21(18)28)26-15-1-3-17-19(5-6-25-20(17)11-15)27-16-8-12(23)7-13(24)9-16/h1-11,26,28H,(H,25,27). The van der Waals surface area contributed by atoms with Gasteiger partial charge in [0.05, 0.1) is 10.5 Å². The smallest absolute Gasteiger partial charge is 0.134 e. The van der Waals surface area contributed by atoms with Gasteiger partial charge in [-0.2, -0.15) is 0 Å². The van der Waals surface area contributed by atoms with Crippen LogP contribution in [0.15, 0.2) is 66.9 Å². The lowest BCUT2D eigenvalue weighted by Crippen LogP contribution is -1.95. The van der Waals surface area contributed by atoms with Crippen molar-refractivity contribution in [2.24, 2.45) is 0 Å². The van der Waals surface area contributed by atoms with Gasteiger partial charge in [0.15, 0.2) is 0 Å². The van der Waals surface area contributed by atoms with Gasteiger partial charge in [0.2, 0.25) is 0 Å². The molecule has 0 amide bonds. The summed E-state index contributed by atoms with van der Waals surface area (Å²) in [6.07, 6.45) is 1.61. The van der Waals surface area contributed by atoms with Crippen molar-refractivity contribution in [3.8, 4) is 5.75 Å². The number of pyridine rings is 1. The van der Waals surface area contributed by atoms with Gasteiger partial charge in [0.25, 0.3) is 0 Å². The van der Waals surface area contributed by atoms with Crippen molar-refractivity contribution in [1.82, 2.24) is 4.98 Å². The zero-order valence-electron chi connectivity index (χ0n) is 14.4. The first-order chi connectivity index (χ1) is 13.5. The Balaban J connectivity index is 1.64. The van der Waals surface area contributed by atoms with Gasteiger partial charge >= 0.3 is 0 Å². The van der Waals surface area contributed by atoms with E-state index in [0.29, 0.717) is 22.6 Å². The molecule has 4 rings (SSSR count). The van der Waals surface area contributed by atoms with Gasteiger partial charge < -0.3 is 15.7 Å². The first-order valence-electron chi connectivity index (χ1n) is 8.35. The fraction of sp³-hybridized carbons (Fsp3) is 0. The summed E-state index contributed by atoms with van der Waals surface area (Å²) < 4.78 is 26.9. The van der Waals surface area contributed by atoms with Crippen molar-refractivity contribution < 1.29 is 13.9 Å². The number of hydrogen-bond donors (Lipinski definition) is 3. The van der Waals surface area contributed by atoms with E-state index in [1.807, 2.05) is 18.2 Å². The van der Waals surface area contributed by atoms with Crippen molar-refractivity contribution in [3.63, 3.8) is 0 Å². The van der Waals surface area contributed by atoms with E-state index in [2.05, 4.69) is 15.6 Å². The number of benzene rings is 3. The second-order valence-electron chi connectivity index (χ2n) is 6.16. The van der Waals surface area contributed by atoms with Crippen LogP contribution in [0.4, 0.5) is 31.5 Å². The molecule has 4 aromatic rings. The summed E-state index contributed by atoms with van der Waals surface area (Å²) in [6, 6.07) is 15.4. The molecule has 0 unspecified atom stereocenters. The average molecular weight is 398 g/mol.